The number of nitrogens with two attached hydrogens (primary N) is 1. The van der Waals surface area contributed by atoms with E-state index in [0.29, 0.717) is 12.2 Å². The number of likely N-dealkylation sites (N-methyl/N-ethyl adjacent to an activating group) is 1. The van der Waals surface area contributed by atoms with Crippen LogP contribution in [0.2, 0.25) is 0 Å². The van der Waals surface area contributed by atoms with Crippen molar-refractivity contribution >= 4 is 17.3 Å². The van der Waals surface area contributed by atoms with Gasteiger partial charge in [0.2, 0.25) is 5.91 Å². The van der Waals surface area contributed by atoms with Gasteiger partial charge in [0.15, 0.2) is 0 Å². The van der Waals surface area contributed by atoms with E-state index >= 15 is 0 Å². The third-order valence-corrected chi connectivity index (χ3v) is 3.53. The molecule has 0 atom stereocenters. The third-order valence-electron chi connectivity index (χ3n) is 3.53. The number of amides is 1. The van der Waals surface area contributed by atoms with Gasteiger partial charge in [0.1, 0.15) is 0 Å². The number of nitrogens with one attached hydrogen (secondary N) is 1. The number of rotatable bonds is 3. The van der Waals surface area contributed by atoms with Crippen LogP contribution >= 0.6 is 0 Å². The molecule has 1 aromatic carbocycles. The Morgan fingerprint density at radius 1 is 1.32 bits per heavy atom. The highest BCUT2D eigenvalue weighted by atomic mass is 16.2. The van der Waals surface area contributed by atoms with Crippen LogP contribution in [0, 0.1) is 6.92 Å². The highest BCUT2D eigenvalue weighted by molar-refractivity contribution is 5.92. The molecule has 0 aromatic heterocycles. The second-order valence-corrected chi connectivity index (χ2v) is 5.20. The fourth-order valence-electron chi connectivity index (χ4n) is 2.13. The second-order valence-electron chi connectivity index (χ2n) is 5.20. The van der Waals surface area contributed by atoms with Crippen molar-refractivity contribution < 1.29 is 4.79 Å². The SMILES string of the molecule is Cc1ccc(NC(=O)CN2CCN(C)CC2)cc1N. The van der Waals surface area contributed by atoms with Crippen molar-refractivity contribution in [1.82, 2.24) is 9.80 Å². The van der Waals surface area contributed by atoms with Gasteiger partial charge in [0.25, 0.3) is 0 Å². The fourth-order valence-corrected chi connectivity index (χ4v) is 2.13. The predicted molar refractivity (Wildman–Crippen MR) is 78.2 cm³/mol. The van der Waals surface area contributed by atoms with Gasteiger partial charge >= 0.3 is 0 Å². The Balaban J connectivity index is 1.85. The summed E-state index contributed by atoms with van der Waals surface area (Å²) in [5, 5.41) is 2.89. The maximum absolute atomic E-state index is 12.0. The number of anilines is 2. The number of nitrogen functional groups attached to an aromatic ring is 1. The summed E-state index contributed by atoms with van der Waals surface area (Å²) in [4.78, 5) is 16.4. The van der Waals surface area contributed by atoms with Crippen LogP contribution in [0.15, 0.2) is 18.2 Å². The number of hydrogen-bond acceptors (Lipinski definition) is 4. The van der Waals surface area contributed by atoms with E-state index in [1.807, 2.05) is 19.1 Å². The first-order valence-electron chi connectivity index (χ1n) is 6.61. The summed E-state index contributed by atoms with van der Waals surface area (Å²) in [6, 6.07) is 5.60. The standard InChI is InChI=1S/C14H22N4O/c1-11-3-4-12(9-13(11)15)16-14(19)10-18-7-5-17(2)6-8-18/h3-4,9H,5-8,10,15H2,1-2H3,(H,16,19). The lowest BCUT2D eigenvalue weighted by Crippen LogP contribution is -2.47. The van der Waals surface area contributed by atoms with Crippen molar-refractivity contribution in [2.75, 3.05) is 50.8 Å². The topological polar surface area (TPSA) is 61.6 Å². The molecule has 2 rings (SSSR count). The molecule has 0 aliphatic carbocycles. The van der Waals surface area contributed by atoms with Crippen molar-refractivity contribution in [1.29, 1.82) is 0 Å². The Morgan fingerprint density at radius 3 is 2.63 bits per heavy atom. The average molecular weight is 262 g/mol. The molecule has 0 spiro atoms. The van der Waals surface area contributed by atoms with Crippen LogP contribution < -0.4 is 11.1 Å². The van der Waals surface area contributed by atoms with Crippen LogP contribution in [-0.4, -0.2) is 55.5 Å². The minimum absolute atomic E-state index is 0.0211. The molecule has 1 fully saturated rings. The molecule has 1 amide bonds. The van der Waals surface area contributed by atoms with E-state index in [9.17, 15) is 4.79 Å². The molecule has 104 valence electrons. The summed E-state index contributed by atoms with van der Waals surface area (Å²) in [7, 11) is 2.10. The summed E-state index contributed by atoms with van der Waals surface area (Å²) in [6.07, 6.45) is 0. The average Bonchev–Trinajstić information content (AvgIpc) is 2.37. The van der Waals surface area contributed by atoms with Crippen molar-refractivity contribution in [3.05, 3.63) is 23.8 Å². The Kier molecular flexibility index (Phi) is 4.39. The van der Waals surface area contributed by atoms with Gasteiger partial charge in [-0.1, -0.05) is 6.07 Å². The number of hydrogen-bond donors (Lipinski definition) is 2. The maximum atomic E-state index is 12.0. The van der Waals surface area contributed by atoms with Crippen LogP contribution in [0.25, 0.3) is 0 Å². The van der Waals surface area contributed by atoms with Crippen LogP contribution in [0.5, 0.6) is 0 Å². The molecule has 1 saturated heterocycles. The van der Waals surface area contributed by atoms with E-state index in [4.69, 9.17) is 5.73 Å². The Labute approximate surface area is 114 Å². The summed E-state index contributed by atoms with van der Waals surface area (Å²) in [6.45, 7) is 6.32. The van der Waals surface area contributed by atoms with Crippen molar-refractivity contribution in [2.24, 2.45) is 0 Å². The quantitative estimate of drug-likeness (QED) is 0.790. The Bertz CT molecular complexity index is 453. The maximum Gasteiger partial charge on any atom is 0.238 e. The molecule has 1 aromatic rings. The van der Waals surface area contributed by atoms with Crippen LogP contribution in [0.1, 0.15) is 5.56 Å². The molecular formula is C14H22N4O. The second kappa shape index (κ2) is 6.04. The number of piperazine rings is 1. The van der Waals surface area contributed by atoms with E-state index in [0.717, 1.165) is 37.4 Å². The summed E-state index contributed by atoms with van der Waals surface area (Å²) in [5.41, 5.74) is 8.33. The molecule has 1 aliphatic heterocycles. The van der Waals surface area contributed by atoms with E-state index in [1.54, 1.807) is 6.07 Å². The zero-order valence-electron chi connectivity index (χ0n) is 11.6. The first-order chi connectivity index (χ1) is 9.04. The van der Waals surface area contributed by atoms with Crippen molar-refractivity contribution in [2.45, 2.75) is 6.92 Å². The normalized spacial score (nSPS) is 17.4. The van der Waals surface area contributed by atoms with Gasteiger partial charge in [-0.05, 0) is 31.7 Å². The highest BCUT2D eigenvalue weighted by Crippen LogP contribution is 2.16. The Hall–Kier alpha value is -1.59. The van der Waals surface area contributed by atoms with Gasteiger partial charge in [0, 0.05) is 37.6 Å². The fraction of sp³-hybridized carbons (Fsp3) is 0.500. The molecule has 5 nitrogen and oxygen atoms in total. The lowest BCUT2D eigenvalue weighted by Gasteiger charge is -2.31. The first-order valence-corrected chi connectivity index (χ1v) is 6.61. The monoisotopic (exact) mass is 262 g/mol. The van der Waals surface area contributed by atoms with Gasteiger partial charge in [-0.3, -0.25) is 9.69 Å². The number of carbonyl (C=O) groups is 1. The molecule has 19 heavy (non-hydrogen) atoms. The van der Waals surface area contributed by atoms with Crippen LogP contribution in [0.4, 0.5) is 11.4 Å². The number of benzene rings is 1. The molecule has 1 aliphatic rings. The van der Waals surface area contributed by atoms with Crippen molar-refractivity contribution in [3.63, 3.8) is 0 Å². The smallest absolute Gasteiger partial charge is 0.238 e. The van der Waals surface area contributed by atoms with Gasteiger partial charge in [0.05, 0.1) is 6.54 Å². The van der Waals surface area contributed by atoms with Crippen molar-refractivity contribution in [3.8, 4) is 0 Å². The minimum Gasteiger partial charge on any atom is -0.398 e. The predicted octanol–water partition coefficient (Wildman–Crippen LogP) is 0.763. The van der Waals surface area contributed by atoms with E-state index < -0.39 is 0 Å². The summed E-state index contributed by atoms with van der Waals surface area (Å²) >= 11 is 0. The lowest BCUT2D eigenvalue weighted by molar-refractivity contribution is -0.117. The number of aryl methyl sites for hydroxylation is 1. The van der Waals surface area contributed by atoms with Crippen LogP contribution in [-0.2, 0) is 4.79 Å². The number of carbonyl (C=O) groups excluding carboxylic acids is 1. The Morgan fingerprint density at radius 2 is 2.00 bits per heavy atom. The molecule has 1 heterocycles. The number of nitrogens with zero attached hydrogens (tertiary/aromatic N) is 2. The molecule has 3 N–H and O–H groups in total. The molecule has 0 radical (unpaired) electrons. The van der Waals surface area contributed by atoms with E-state index in [1.165, 1.54) is 0 Å². The first kappa shape index (κ1) is 13.8. The minimum atomic E-state index is 0.0211. The molecule has 0 bridgehead atoms. The molecule has 0 unspecified atom stereocenters. The van der Waals surface area contributed by atoms with Gasteiger partial charge in [-0.15, -0.1) is 0 Å². The van der Waals surface area contributed by atoms with Gasteiger partial charge in [-0.2, -0.15) is 0 Å². The molecule has 5 heteroatoms. The third kappa shape index (κ3) is 3.94. The highest BCUT2D eigenvalue weighted by Gasteiger charge is 2.16. The van der Waals surface area contributed by atoms with Crippen LogP contribution in [0.3, 0.4) is 0 Å². The summed E-state index contributed by atoms with van der Waals surface area (Å²) < 4.78 is 0. The molecular weight excluding hydrogens is 240 g/mol. The zero-order valence-corrected chi connectivity index (χ0v) is 11.6. The summed E-state index contributed by atoms with van der Waals surface area (Å²) in [5.74, 6) is 0.0211. The zero-order chi connectivity index (χ0) is 13.8. The van der Waals surface area contributed by atoms with E-state index in [-0.39, 0.29) is 5.91 Å². The van der Waals surface area contributed by atoms with Gasteiger partial charge < -0.3 is 16.0 Å². The molecule has 0 saturated carbocycles. The lowest BCUT2D eigenvalue weighted by atomic mass is 10.2. The van der Waals surface area contributed by atoms with Gasteiger partial charge in [-0.25, -0.2) is 0 Å². The largest absolute Gasteiger partial charge is 0.398 e. The van der Waals surface area contributed by atoms with E-state index in [2.05, 4.69) is 22.2 Å².